The Bertz CT molecular complexity index is 1550. The number of aromatic nitrogens is 3. The molecule has 0 saturated carbocycles. The number of ether oxygens (including phenoxy) is 1. The molecular weight excluding hydrogens is 518 g/mol. The number of anilines is 1. The van der Waals surface area contributed by atoms with Crippen LogP contribution in [0.1, 0.15) is 26.5 Å². The first kappa shape index (κ1) is 26.6. The van der Waals surface area contributed by atoms with E-state index in [1.54, 1.807) is 30.5 Å². The topological polar surface area (TPSA) is 135 Å². The highest BCUT2D eigenvalue weighted by Gasteiger charge is 2.26. The molecule has 0 saturated heterocycles. The molecule has 12 heteroatoms. The summed E-state index contributed by atoms with van der Waals surface area (Å²) in [4.78, 5) is 17.3. The molecule has 0 unspecified atom stereocenters. The highest BCUT2D eigenvalue weighted by Crippen LogP contribution is 2.26. The lowest BCUT2D eigenvalue weighted by Gasteiger charge is -2.23. The zero-order valence-corrected chi connectivity index (χ0v) is 22.0. The van der Waals surface area contributed by atoms with Crippen LogP contribution in [0.5, 0.6) is 5.75 Å². The van der Waals surface area contributed by atoms with Crippen molar-refractivity contribution in [2.45, 2.75) is 37.6 Å². The molecule has 0 radical (unpaired) electrons. The second-order valence-electron chi connectivity index (χ2n) is 8.93. The molecule has 0 aliphatic carbocycles. The minimum absolute atomic E-state index is 0.0790. The molecule has 0 aliphatic heterocycles. The Morgan fingerprint density at radius 2 is 1.89 bits per heavy atom. The lowest BCUT2D eigenvalue weighted by molar-refractivity contribution is 0.208. The van der Waals surface area contributed by atoms with Crippen LogP contribution in [-0.4, -0.2) is 46.4 Å². The monoisotopic (exact) mass is 543 g/mol. The molecule has 4 rings (SSSR count). The van der Waals surface area contributed by atoms with Crippen molar-refractivity contribution in [3.05, 3.63) is 71.5 Å². The van der Waals surface area contributed by atoms with E-state index in [4.69, 9.17) is 16.3 Å². The quantitative estimate of drug-likeness (QED) is 0.302. The number of fused-ring (bicyclic) bond motifs is 1. The van der Waals surface area contributed by atoms with Crippen molar-refractivity contribution < 1.29 is 23.1 Å². The summed E-state index contributed by atoms with van der Waals surface area (Å²) in [5.41, 5.74) is 1.87. The van der Waals surface area contributed by atoms with Crippen molar-refractivity contribution in [3.63, 3.8) is 0 Å². The number of hydrogen-bond donors (Lipinski definition) is 3. The number of aliphatic hydroxyl groups is 1. The van der Waals surface area contributed by atoms with Crippen LogP contribution in [0.25, 0.3) is 16.9 Å². The second-order valence-corrected chi connectivity index (χ2v) is 11.0. The first-order valence-electron chi connectivity index (χ1n) is 11.4. The Labute approximate surface area is 219 Å². The van der Waals surface area contributed by atoms with Gasteiger partial charge >= 0.3 is 6.09 Å². The van der Waals surface area contributed by atoms with E-state index in [-0.39, 0.29) is 22.9 Å². The molecule has 3 N–H and O–H groups in total. The van der Waals surface area contributed by atoms with Gasteiger partial charge in [0.2, 0.25) is 10.0 Å². The Morgan fingerprint density at radius 3 is 2.57 bits per heavy atom. The van der Waals surface area contributed by atoms with E-state index in [0.29, 0.717) is 22.8 Å². The molecule has 194 valence electrons. The van der Waals surface area contributed by atoms with E-state index in [0.717, 1.165) is 11.3 Å². The fourth-order valence-electron chi connectivity index (χ4n) is 3.54. The molecule has 0 aliphatic rings. The van der Waals surface area contributed by atoms with E-state index < -0.39 is 21.7 Å². The Kier molecular flexibility index (Phi) is 7.51. The van der Waals surface area contributed by atoms with E-state index >= 15 is 0 Å². The van der Waals surface area contributed by atoms with E-state index in [1.807, 2.05) is 25.1 Å². The van der Waals surface area contributed by atoms with Gasteiger partial charge in [-0.1, -0.05) is 36.7 Å². The summed E-state index contributed by atoms with van der Waals surface area (Å²) in [6.45, 7) is 4.70. The van der Waals surface area contributed by atoms with Crippen LogP contribution in [0.2, 0.25) is 5.02 Å². The second kappa shape index (κ2) is 10.5. The third kappa shape index (κ3) is 6.08. The molecule has 0 atom stereocenters. The van der Waals surface area contributed by atoms with Crippen LogP contribution in [-0.2, 0) is 16.4 Å². The largest absolute Gasteiger partial charge is 0.417 e. The number of carbonyl (C=O) groups is 1. The van der Waals surface area contributed by atoms with Gasteiger partial charge in [0, 0.05) is 22.0 Å². The van der Waals surface area contributed by atoms with Gasteiger partial charge in [-0.25, -0.2) is 27.4 Å². The molecule has 2 aromatic heterocycles. The SMILES string of the molecule is CCc1cc(-c2ccc(Cl)cc2)nc2c(OC(=O)Nc3cccc(S(=O)(=O)NC(C)(C)CO)c3)cnn12. The van der Waals surface area contributed by atoms with Crippen LogP contribution >= 0.6 is 11.6 Å². The smallest absolute Gasteiger partial charge is 0.404 e. The first-order valence-corrected chi connectivity index (χ1v) is 13.2. The Balaban J connectivity index is 1.57. The summed E-state index contributed by atoms with van der Waals surface area (Å²) in [5, 5.41) is 16.8. The van der Waals surface area contributed by atoms with Crippen LogP contribution in [0.4, 0.5) is 10.5 Å². The molecule has 0 bridgehead atoms. The van der Waals surface area contributed by atoms with E-state index in [2.05, 4.69) is 20.1 Å². The molecule has 0 fully saturated rings. The summed E-state index contributed by atoms with van der Waals surface area (Å²) in [6, 6.07) is 14.8. The van der Waals surface area contributed by atoms with Gasteiger partial charge < -0.3 is 9.84 Å². The van der Waals surface area contributed by atoms with Gasteiger partial charge in [0.1, 0.15) is 0 Å². The van der Waals surface area contributed by atoms with Crippen molar-refractivity contribution >= 4 is 39.1 Å². The first-order chi connectivity index (χ1) is 17.5. The van der Waals surface area contributed by atoms with Gasteiger partial charge in [-0.3, -0.25) is 5.32 Å². The van der Waals surface area contributed by atoms with Gasteiger partial charge in [0.15, 0.2) is 11.4 Å². The van der Waals surface area contributed by atoms with Crippen molar-refractivity contribution in [2.24, 2.45) is 0 Å². The minimum atomic E-state index is -3.94. The van der Waals surface area contributed by atoms with Crippen molar-refractivity contribution in [2.75, 3.05) is 11.9 Å². The maximum Gasteiger partial charge on any atom is 0.417 e. The zero-order chi connectivity index (χ0) is 26.8. The number of aryl methyl sites for hydroxylation is 1. The van der Waals surface area contributed by atoms with Gasteiger partial charge in [-0.2, -0.15) is 5.10 Å². The predicted molar refractivity (Wildman–Crippen MR) is 140 cm³/mol. The Hall–Kier alpha value is -3.51. The third-order valence-electron chi connectivity index (χ3n) is 5.41. The summed E-state index contributed by atoms with van der Waals surface area (Å²) in [6.07, 6.45) is 1.22. The normalized spacial score (nSPS) is 12.0. The van der Waals surface area contributed by atoms with E-state index in [1.165, 1.54) is 30.5 Å². The maximum atomic E-state index is 12.7. The lowest BCUT2D eigenvalue weighted by Crippen LogP contribution is -2.46. The fraction of sp³-hybridized carbons (Fsp3) is 0.240. The predicted octanol–water partition coefficient (Wildman–Crippen LogP) is 4.27. The molecule has 10 nitrogen and oxygen atoms in total. The van der Waals surface area contributed by atoms with Crippen LogP contribution in [0.15, 0.2) is 65.7 Å². The van der Waals surface area contributed by atoms with Gasteiger partial charge in [-0.05, 0) is 56.7 Å². The average molecular weight is 544 g/mol. The third-order valence-corrected chi connectivity index (χ3v) is 7.36. The minimum Gasteiger partial charge on any atom is -0.404 e. The molecule has 1 amide bonds. The van der Waals surface area contributed by atoms with E-state index in [9.17, 15) is 18.3 Å². The molecule has 37 heavy (non-hydrogen) atoms. The van der Waals surface area contributed by atoms with Gasteiger partial charge in [0.05, 0.1) is 28.9 Å². The van der Waals surface area contributed by atoms with Crippen molar-refractivity contribution in [3.8, 4) is 17.0 Å². The van der Waals surface area contributed by atoms with Crippen molar-refractivity contribution in [1.82, 2.24) is 19.3 Å². The average Bonchev–Trinajstić information content (AvgIpc) is 3.26. The number of hydrogen-bond acceptors (Lipinski definition) is 7. The van der Waals surface area contributed by atoms with Gasteiger partial charge in [0.25, 0.3) is 0 Å². The summed E-state index contributed by atoms with van der Waals surface area (Å²) >= 11 is 6.01. The number of benzene rings is 2. The number of halogens is 1. The highest BCUT2D eigenvalue weighted by molar-refractivity contribution is 7.89. The van der Waals surface area contributed by atoms with Crippen LogP contribution in [0.3, 0.4) is 0 Å². The molecule has 0 spiro atoms. The number of nitrogens with one attached hydrogen (secondary N) is 2. The summed E-state index contributed by atoms with van der Waals surface area (Å²) < 4.78 is 34.9. The van der Waals surface area contributed by atoms with Crippen LogP contribution in [0, 0.1) is 0 Å². The summed E-state index contributed by atoms with van der Waals surface area (Å²) in [5.74, 6) is 0.137. The number of carbonyl (C=O) groups excluding carboxylic acids is 1. The molecular formula is C25H26ClN5O5S. The lowest BCUT2D eigenvalue weighted by atomic mass is 10.1. The van der Waals surface area contributed by atoms with Crippen LogP contribution < -0.4 is 14.8 Å². The number of rotatable bonds is 8. The standard InChI is InChI=1S/C25H26ClN5O5S/c1-4-19-13-21(16-8-10-17(26)11-9-16)29-23-22(14-27-31(19)23)36-24(33)28-18-6-5-7-20(12-18)37(34,35)30-25(2,3)15-32/h5-14,30,32H,4,15H2,1-3H3,(H,28,33). The van der Waals surface area contributed by atoms with Crippen molar-refractivity contribution in [1.29, 1.82) is 0 Å². The molecule has 2 aromatic carbocycles. The molecule has 4 aromatic rings. The number of sulfonamides is 1. The number of aliphatic hydroxyl groups excluding tert-OH is 1. The Morgan fingerprint density at radius 1 is 1.16 bits per heavy atom. The highest BCUT2D eigenvalue weighted by atomic mass is 35.5. The summed E-state index contributed by atoms with van der Waals surface area (Å²) in [7, 11) is -3.94. The zero-order valence-electron chi connectivity index (χ0n) is 20.4. The number of nitrogens with zero attached hydrogens (tertiary/aromatic N) is 3. The molecule has 2 heterocycles. The van der Waals surface area contributed by atoms with Gasteiger partial charge in [-0.15, -0.1) is 0 Å². The number of amides is 1. The maximum absolute atomic E-state index is 12.7. The fourth-order valence-corrected chi connectivity index (χ4v) is 5.11.